The number of anilines is 2. The molecule has 3 rings (SSSR count). The van der Waals surface area contributed by atoms with Gasteiger partial charge in [-0.15, -0.1) is 0 Å². The minimum absolute atomic E-state index is 0.00477. The van der Waals surface area contributed by atoms with Crippen molar-refractivity contribution in [3.8, 4) is 0 Å². The predicted molar refractivity (Wildman–Crippen MR) is 132 cm³/mol. The first-order valence-electron chi connectivity index (χ1n) is 11.8. The Morgan fingerprint density at radius 1 is 0.970 bits per heavy atom. The minimum Gasteiger partial charge on any atom is -0.376 e. The zero-order valence-corrected chi connectivity index (χ0v) is 19.5. The van der Waals surface area contributed by atoms with Gasteiger partial charge in [0.25, 0.3) is 11.8 Å². The van der Waals surface area contributed by atoms with Crippen LogP contribution in [-0.2, 0) is 4.79 Å². The molecule has 1 saturated heterocycles. The Labute approximate surface area is 195 Å². The fraction of sp³-hybridized carbons (Fsp3) is 0.423. The summed E-state index contributed by atoms with van der Waals surface area (Å²) < 4.78 is 0. The second kappa shape index (κ2) is 12.0. The van der Waals surface area contributed by atoms with Gasteiger partial charge in [0.05, 0.1) is 6.54 Å². The number of amides is 3. The molecule has 2 aromatic rings. The van der Waals surface area contributed by atoms with E-state index in [1.165, 1.54) is 0 Å². The molecule has 1 aliphatic heterocycles. The molecule has 33 heavy (non-hydrogen) atoms. The van der Waals surface area contributed by atoms with Crippen LogP contribution >= 0.6 is 0 Å². The molecule has 1 aliphatic rings. The quantitative estimate of drug-likeness (QED) is 0.501. The Balaban J connectivity index is 1.52. The first-order chi connectivity index (χ1) is 16.0. The van der Waals surface area contributed by atoms with Crippen LogP contribution in [0.5, 0.6) is 0 Å². The third-order valence-corrected chi connectivity index (χ3v) is 5.86. The summed E-state index contributed by atoms with van der Waals surface area (Å²) >= 11 is 0. The van der Waals surface area contributed by atoms with E-state index in [4.69, 9.17) is 0 Å². The molecule has 0 radical (unpaired) electrons. The summed E-state index contributed by atoms with van der Waals surface area (Å²) in [5, 5.41) is 8.78. The van der Waals surface area contributed by atoms with E-state index in [2.05, 4.69) is 29.8 Å². The number of piperidine rings is 1. The van der Waals surface area contributed by atoms with E-state index in [0.29, 0.717) is 35.0 Å². The van der Waals surface area contributed by atoms with Gasteiger partial charge in [0.15, 0.2) is 0 Å². The topological polar surface area (TPSA) is 90.5 Å². The smallest absolute Gasteiger partial charge is 0.253 e. The van der Waals surface area contributed by atoms with Crippen molar-refractivity contribution in [2.45, 2.75) is 39.5 Å². The van der Waals surface area contributed by atoms with E-state index in [-0.39, 0.29) is 24.3 Å². The van der Waals surface area contributed by atoms with Gasteiger partial charge < -0.3 is 20.9 Å². The molecule has 2 aromatic carbocycles. The highest BCUT2D eigenvalue weighted by Gasteiger charge is 2.21. The van der Waals surface area contributed by atoms with Crippen LogP contribution in [-0.4, -0.2) is 48.8 Å². The van der Waals surface area contributed by atoms with E-state index in [1.54, 1.807) is 42.5 Å². The number of benzene rings is 2. The van der Waals surface area contributed by atoms with E-state index < -0.39 is 0 Å². The van der Waals surface area contributed by atoms with Crippen molar-refractivity contribution in [3.63, 3.8) is 0 Å². The van der Waals surface area contributed by atoms with Crippen molar-refractivity contribution < 1.29 is 14.4 Å². The summed E-state index contributed by atoms with van der Waals surface area (Å²) in [4.78, 5) is 39.3. The lowest BCUT2D eigenvalue weighted by Gasteiger charge is -2.30. The highest BCUT2D eigenvalue weighted by molar-refractivity contribution is 5.98. The number of nitrogens with one attached hydrogen (secondary N) is 3. The zero-order chi connectivity index (χ0) is 23.6. The second-order valence-electron chi connectivity index (χ2n) is 8.65. The lowest BCUT2D eigenvalue weighted by molar-refractivity contribution is -0.114. The lowest BCUT2D eigenvalue weighted by atomic mass is 9.98. The maximum atomic E-state index is 12.8. The Bertz CT molecular complexity index is 968. The first-order valence-corrected chi connectivity index (χ1v) is 11.8. The normalized spacial score (nSPS) is 13.9. The van der Waals surface area contributed by atoms with Crippen molar-refractivity contribution in [2.75, 3.05) is 36.8 Å². The van der Waals surface area contributed by atoms with Gasteiger partial charge in [0.1, 0.15) is 0 Å². The molecule has 0 aliphatic carbocycles. The monoisotopic (exact) mass is 450 g/mol. The fourth-order valence-corrected chi connectivity index (χ4v) is 3.76. The molecule has 0 bridgehead atoms. The largest absolute Gasteiger partial charge is 0.376 e. The molecule has 7 heteroatoms. The number of nitrogens with zero attached hydrogens (tertiary/aromatic N) is 1. The van der Waals surface area contributed by atoms with Gasteiger partial charge in [-0.1, -0.05) is 32.4 Å². The van der Waals surface area contributed by atoms with E-state index in [9.17, 15) is 14.4 Å². The van der Waals surface area contributed by atoms with E-state index >= 15 is 0 Å². The standard InChI is InChI=1S/C26H34N4O3/c1-3-4-13-27-25(32)20-7-5-9-22(16-20)28-18-24(31)29-23-10-6-8-21(17-23)26(33)30-14-11-19(2)12-15-30/h5-10,16-17,19,28H,3-4,11-15,18H2,1-2H3,(H,27,32)(H,29,31). The van der Waals surface area contributed by atoms with Gasteiger partial charge in [-0.05, 0) is 61.6 Å². The van der Waals surface area contributed by atoms with Crippen molar-refractivity contribution in [1.82, 2.24) is 10.2 Å². The van der Waals surface area contributed by atoms with Gasteiger partial charge in [0.2, 0.25) is 5.91 Å². The predicted octanol–water partition coefficient (Wildman–Crippen LogP) is 4.14. The van der Waals surface area contributed by atoms with Crippen LogP contribution in [0, 0.1) is 5.92 Å². The van der Waals surface area contributed by atoms with Crippen LogP contribution in [0.3, 0.4) is 0 Å². The molecule has 1 heterocycles. The highest BCUT2D eigenvalue weighted by atomic mass is 16.2. The molecular weight excluding hydrogens is 416 g/mol. The molecule has 3 N–H and O–H groups in total. The van der Waals surface area contributed by atoms with Crippen LogP contribution < -0.4 is 16.0 Å². The number of unbranched alkanes of at least 4 members (excludes halogenated alkanes) is 1. The Hall–Kier alpha value is -3.35. The molecule has 3 amide bonds. The molecule has 0 saturated carbocycles. The average molecular weight is 451 g/mol. The van der Waals surface area contributed by atoms with Crippen molar-refractivity contribution in [3.05, 3.63) is 59.7 Å². The second-order valence-corrected chi connectivity index (χ2v) is 8.65. The van der Waals surface area contributed by atoms with Crippen LogP contribution in [0.4, 0.5) is 11.4 Å². The van der Waals surface area contributed by atoms with Crippen molar-refractivity contribution in [1.29, 1.82) is 0 Å². The van der Waals surface area contributed by atoms with E-state index in [1.807, 2.05) is 11.0 Å². The van der Waals surface area contributed by atoms with Gasteiger partial charge in [-0.2, -0.15) is 0 Å². The molecule has 0 unspecified atom stereocenters. The maximum Gasteiger partial charge on any atom is 0.253 e. The molecule has 1 fully saturated rings. The molecular formula is C26H34N4O3. The Morgan fingerprint density at radius 3 is 2.36 bits per heavy atom. The van der Waals surface area contributed by atoms with Crippen molar-refractivity contribution >= 4 is 29.1 Å². The maximum absolute atomic E-state index is 12.8. The van der Waals surface area contributed by atoms with Crippen LogP contribution in [0.1, 0.15) is 60.2 Å². The Kier molecular flexibility index (Phi) is 8.87. The number of hydrogen-bond donors (Lipinski definition) is 3. The molecule has 0 aromatic heterocycles. The zero-order valence-electron chi connectivity index (χ0n) is 19.5. The number of likely N-dealkylation sites (tertiary alicyclic amines) is 1. The fourth-order valence-electron chi connectivity index (χ4n) is 3.76. The third-order valence-electron chi connectivity index (χ3n) is 5.86. The summed E-state index contributed by atoms with van der Waals surface area (Å²) in [5.41, 5.74) is 2.41. The SMILES string of the molecule is CCCCNC(=O)c1cccc(NCC(=O)Nc2cccc(C(=O)N3CCC(C)CC3)c2)c1. The van der Waals surface area contributed by atoms with Crippen LogP contribution in [0.25, 0.3) is 0 Å². The van der Waals surface area contributed by atoms with Gasteiger partial charge in [-0.3, -0.25) is 14.4 Å². The third kappa shape index (κ3) is 7.34. The van der Waals surface area contributed by atoms with Gasteiger partial charge >= 0.3 is 0 Å². The number of carbonyl (C=O) groups excluding carboxylic acids is 3. The Morgan fingerprint density at radius 2 is 1.64 bits per heavy atom. The summed E-state index contributed by atoms with van der Waals surface area (Å²) in [6.07, 6.45) is 4.00. The summed E-state index contributed by atoms with van der Waals surface area (Å²) in [6, 6.07) is 14.1. The number of hydrogen-bond acceptors (Lipinski definition) is 4. The molecule has 176 valence electrons. The van der Waals surface area contributed by atoms with Gasteiger partial charge in [0, 0.05) is 42.1 Å². The average Bonchev–Trinajstić information content (AvgIpc) is 2.83. The molecule has 7 nitrogen and oxygen atoms in total. The van der Waals surface area contributed by atoms with Crippen molar-refractivity contribution in [2.24, 2.45) is 5.92 Å². The lowest BCUT2D eigenvalue weighted by Crippen LogP contribution is -2.37. The molecule has 0 atom stereocenters. The van der Waals surface area contributed by atoms with E-state index in [0.717, 1.165) is 38.8 Å². The van der Waals surface area contributed by atoms with Crippen LogP contribution in [0.15, 0.2) is 48.5 Å². The summed E-state index contributed by atoms with van der Waals surface area (Å²) in [5.74, 6) is 0.304. The first kappa shape index (κ1) is 24.3. The number of rotatable bonds is 9. The number of carbonyl (C=O) groups is 3. The summed E-state index contributed by atoms with van der Waals surface area (Å²) in [7, 11) is 0. The highest BCUT2D eigenvalue weighted by Crippen LogP contribution is 2.20. The molecule has 0 spiro atoms. The van der Waals surface area contributed by atoms with Gasteiger partial charge in [-0.25, -0.2) is 0 Å². The van der Waals surface area contributed by atoms with Crippen LogP contribution in [0.2, 0.25) is 0 Å². The summed E-state index contributed by atoms with van der Waals surface area (Å²) in [6.45, 7) is 6.53. The minimum atomic E-state index is -0.232.